The van der Waals surface area contributed by atoms with Gasteiger partial charge in [0.05, 0.1) is 44.1 Å². The van der Waals surface area contributed by atoms with Crippen LogP contribution in [-0.2, 0) is 48.2 Å². The summed E-state index contributed by atoms with van der Waals surface area (Å²) in [5, 5.41) is 12.8. The summed E-state index contributed by atoms with van der Waals surface area (Å²) in [4.78, 5) is 3.09. The van der Waals surface area contributed by atoms with Gasteiger partial charge in [-0.1, -0.05) is 97.0 Å². The highest BCUT2D eigenvalue weighted by atomic mass is 16.8. The van der Waals surface area contributed by atoms with Crippen molar-refractivity contribution >= 4 is 11.0 Å². The summed E-state index contributed by atoms with van der Waals surface area (Å²) < 4.78 is 40.7. The van der Waals surface area contributed by atoms with Crippen molar-refractivity contribution in [3.8, 4) is 0 Å². The molecule has 46 heavy (non-hydrogen) atoms. The Bertz CT molecular complexity index is 1630. The lowest BCUT2D eigenvalue weighted by Crippen LogP contribution is -2.59. The predicted octanol–water partition coefficient (Wildman–Crippen LogP) is 5.42. The van der Waals surface area contributed by atoms with Crippen LogP contribution in [0.3, 0.4) is 0 Å². The first-order chi connectivity index (χ1) is 22.6. The van der Waals surface area contributed by atoms with Crippen LogP contribution in [0, 0.1) is 11.8 Å². The summed E-state index contributed by atoms with van der Waals surface area (Å²) in [6, 6.07) is 27.1. The molecule has 4 aromatic rings. The Balaban J connectivity index is 1.16. The number of nitrogens with zero attached hydrogens (tertiary/aromatic N) is 6. The summed E-state index contributed by atoms with van der Waals surface area (Å²) in [6.45, 7) is 5.75. The van der Waals surface area contributed by atoms with Gasteiger partial charge in [-0.3, -0.25) is 0 Å². The third-order valence-electron chi connectivity index (χ3n) is 9.22. The Morgan fingerprint density at radius 1 is 0.848 bits per heavy atom. The van der Waals surface area contributed by atoms with Crippen molar-refractivity contribution < 1.29 is 28.4 Å². The Morgan fingerprint density at radius 2 is 1.52 bits per heavy atom. The molecule has 1 aromatic heterocycles. The standard InChI is InChI=1S/C34H38N6O6/c1-21-27(17-40-26-16-10-9-15-25(26)36-39-40)44-33(22(2)30(21)41-18-23-11-5-3-6-12-23)46-31-28-20-43-34(45-28)29(37-38-35)32(31)42-19-24-13-7-4-8-14-24/h3-16,21-22,27-34H,17-20H2,1-2H3/t21-,22?,27?,28?,29?,30-,31-,32?,33+,34-/m1/s1. The van der Waals surface area contributed by atoms with E-state index < -0.39 is 36.9 Å². The van der Waals surface area contributed by atoms with Crippen molar-refractivity contribution in [2.75, 3.05) is 6.61 Å². The number of rotatable bonds is 11. The second kappa shape index (κ2) is 13.9. The van der Waals surface area contributed by atoms with E-state index in [4.69, 9.17) is 28.4 Å². The highest BCUT2D eigenvalue weighted by molar-refractivity contribution is 5.73. The molecule has 3 saturated heterocycles. The first kappa shape index (κ1) is 30.8. The van der Waals surface area contributed by atoms with E-state index in [0.29, 0.717) is 19.8 Å². The second-order valence-corrected chi connectivity index (χ2v) is 12.2. The Labute approximate surface area is 267 Å². The quantitative estimate of drug-likeness (QED) is 0.122. The third kappa shape index (κ3) is 6.38. The number of hydrogen-bond acceptors (Lipinski definition) is 9. The number of azide groups is 1. The van der Waals surface area contributed by atoms with E-state index in [9.17, 15) is 5.53 Å². The second-order valence-electron chi connectivity index (χ2n) is 12.2. The van der Waals surface area contributed by atoms with E-state index in [1.54, 1.807) is 0 Å². The largest absolute Gasteiger partial charge is 0.373 e. The number of aromatic nitrogens is 3. The van der Waals surface area contributed by atoms with E-state index in [-0.39, 0.29) is 30.7 Å². The maximum atomic E-state index is 9.44. The molecule has 3 aliphatic heterocycles. The summed E-state index contributed by atoms with van der Waals surface area (Å²) >= 11 is 0. The molecule has 5 unspecified atom stereocenters. The molecule has 0 aliphatic carbocycles. The molecule has 2 bridgehead atoms. The van der Waals surface area contributed by atoms with Crippen molar-refractivity contribution in [1.29, 1.82) is 0 Å². The Morgan fingerprint density at radius 3 is 2.24 bits per heavy atom. The molecule has 0 spiro atoms. The number of para-hydroxylation sites is 1. The van der Waals surface area contributed by atoms with Crippen molar-refractivity contribution in [3.05, 3.63) is 106 Å². The van der Waals surface area contributed by atoms with Crippen LogP contribution in [0.1, 0.15) is 25.0 Å². The summed E-state index contributed by atoms with van der Waals surface area (Å²) in [7, 11) is 0. The van der Waals surface area contributed by atoms with E-state index in [1.807, 2.05) is 77.5 Å². The van der Waals surface area contributed by atoms with Crippen LogP contribution in [-0.4, -0.2) is 70.7 Å². The van der Waals surface area contributed by atoms with Gasteiger partial charge in [0.15, 0.2) is 12.6 Å². The van der Waals surface area contributed by atoms with Gasteiger partial charge in [-0.05, 0) is 28.8 Å². The minimum Gasteiger partial charge on any atom is -0.373 e. The molecule has 7 rings (SSSR count). The van der Waals surface area contributed by atoms with Gasteiger partial charge >= 0.3 is 0 Å². The van der Waals surface area contributed by atoms with Crippen molar-refractivity contribution in [1.82, 2.24) is 15.0 Å². The molecular formula is C34H38N6O6. The van der Waals surface area contributed by atoms with Gasteiger partial charge in [0.2, 0.25) is 0 Å². The highest BCUT2D eigenvalue weighted by Gasteiger charge is 2.54. The molecule has 0 N–H and O–H groups in total. The van der Waals surface area contributed by atoms with E-state index in [1.165, 1.54) is 0 Å². The number of ether oxygens (including phenoxy) is 6. The smallest absolute Gasteiger partial charge is 0.169 e. The normalized spacial score (nSPS) is 32.3. The third-order valence-corrected chi connectivity index (χ3v) is 9.22. The van der Waals surface area contributed by atoms with Crippen LogP contribution in [0.5, 0.6) is 0 Å². The lowest BCUT2D eigenvalue weighted by Gasteiger charge is -2.47. The molecule has 12 nitrogen and oxygen atoms in total. The fraction of sp³-hybridized carbons (Fsp3) is 0.471. The van der Waals surface area contributed by atoms with Crippen LogP contribution in [0.15, 0.2) is 90.0 Å². The molecule has 0 radical (unpaired) electrons. The molecule has 0 saturated carbocycles. The predicted molar refractivity (Wildman–Crippen MR) is 167 cm³/mol. The average molecular weight is 627 g/mol. The van der Waals surface area contributed by atoms with Crippen LogP contribution in [0.25, 0.3) is 21.5 Å². The number of hydrogen-bond donors (Lipinski definition) is 0. The van der Waals surface area contributed by atoms with Crippen molar-refractivity contribution in [3.63, 3.8) is 0 Å². The van der Waals surface area contributed by atoms with Gasteiger partial charge in [-0.25, -0.2) is 4.68 Å². The minimum absolute atomic E-state index is 0.00406. The average Bonchev–Trinajstić information content (AvgIpc) is 3.71. The molecule has 12 heteroatoms. The maximum Gasteiger partial charge on any atom is 0.169 e. The highest BCUT2D eigenvalue weighted by Crippen LogP contribution is 2.39. The molecule has 240 valence electrons. The van der Waals surface area contributed by atoms with Crippen LogP contribution < -0.4 is 0 Å². The van der Waals surface area contributed by atoms with Gasteiger partial charge in [-0.2, -0.15) is 0 Å². The number of benzene rings is 3. The monoisotopic (exact) mass is 626 g/mol. The maximum absolute atomic E-state index is 9.44. The lowest BCUT2D eigenvalue weighted by molar-refractivity contribution is -0.316. The molecular weight excluding hydrogens is 588 g/mol. The van der Waals surface area contributed by atoms with Gasteiger partial charge < -0.3 is 28.4 Å². The van der Waals surface area contributed by atoms with E-state index in [2.05, 4.69) is 46.3 Å². The fourth-order valence-electron chi connectivity index (χ4n) is 6.74. The zero-order chi connectivity index (χ0) is 31.5. The zero-order valence-corrected chi connectivity index (χ0v) is 25.8. The zero-order valence-electron chi connectivity index (χ0n) is 25.8. The first-order valence-corrected chi connectivity index (χ1v) is 15.8. The fourth-order valence-corrected chi connectivity index (χ4v) is 6.74. The van der Waals surface area contributed by atoms with Crippen LogP contribution in [0.2, 0.25) is 0 Å². The van der Waals surface area contributed by atoms with Crippen LogP contribution >= 0.6 is 0 Å². The summed E-state index contributed by atoms with van der Waals surface area (Å²) in [5.74, 6) is -0.153. The molecule has 3 aromatic carbocycles. The van der Waals surface area contributed by atoms with Gasteiger partial charge in [0.1, 0.15) is 29.9 Å². The van der Waals surface area contributed by atoms with Crippen molar-refractivity contribution in [2.45, 2.75) is 82.7 Å². The first-order valence-electron chi connectivity index (χ1n) is 15.8. The van der Waals surface area contributed by atoms with Gasteiger partial charge in [0.25, 0.3) is 0 Å². The molecule has 0 amide bonds. The van der Waals surface area contributed by atoms with Crippen molar-refractivity contribution in [2.24, 2.45) is 17.0 Å². The molecule has 3 aliphatic rings. The topological polar surface area (TPSA) is 135 Å². The Kier molecular flexibility index (Phi) is 9.27. The van der Waals surface area contributed by atoms with Gasteiger partial charge in [0, 0.05) is 16.7 Å². The number of fused-ring (bicyclic) bond motifs is 3. The summed E-state index contributed by atoms with van der Waals surface area (Å²) in [5.41, 5.74) is 13.3. The van der Waals surface area contributed by atoms with Crippen LogP contribution in [0.4, 0.5) is 0 Å². The van der Waals surface area contributed by atoms with E-state index in [0.717, 1.165) is 22.2 Å². The SMILES string of the molecule is CC1[C@H](O[C@@H]2C3CO[C@H](O3)C(N=[N+]=[N-])C2OCc2ccccc2)OC(Cn2nnc3ccccc32)[C@@H](C)[C@H]1OCc1ccccc1. The molecule has 3 fully saturated rings. The van der Waals surface area contributed by atoms with E-state index >= 15 is 0 Å². The Hall–Kier alpha value is -3.87. The summed E-state index contributed by atoms with van der Waals surface area (Å²) in [6.07, 6.45) is -3.57. The van der Waals surface area contributed by atoms with Gasteiger partial charge in [-0.15, -0.1) is 5.10 Å². The molecule has 10 atom stereocenters. The molecule has 4 heterocycles. The lowest BCUT2D eigenvalue weighted by atomic mass is 9.85. The minimum atomic E-state index is -0.738.